The van der Waals surface area contributed by atoms with E-state index in [-0.39, 0.29) is 5.91 Å². The van der Waals surface area contributed by atoms with Gasteiger partial charge in [0.05, 0.1) is 5.69 Å². The molecule has 4 heteroatoms. The van der Waals surface area contributed by atoms with Gasteiger partial charge in [-0.25, -0.2) is 0 Å². The summed E-state index contributed by atoms with van der Waals surface area (Å²) >= 11 is 0. The van der Waals surface area contributed by atoms with E-state index in [1.54, 1.807) is 0 Å². The number of rotatable bonds is 6. The van der Waals surface area contributed by atoms with Crippen molar-refractivity contribution in [3.63, 3.8) is 0 Å². The van der Waals surface area contributed by atoms with Crippen LogP contribution in [0.5, 0.6) is 0 Å². The van der Waals surface area contributed by atoms with Crippen LogP contribution in [0.2, 0.25) is 0 Å². The number of amides is 1. The second-order valence-electron chi connectivity index (χ2n) is 5.33. The van der Waals surface area contributed by atoms with Crippen molar-refractivity contribution in [1.29, 1.82) is 0 Å². The van der Waals surface area contributed by atoms with Crippen LogP contribution in [-0.4, -0.2) is 17.6 Å². The molecule has 0 saturated carbocycles. The first-order valence-electron chi connectivity index (χ1n) is 7.31. The van der Waals surface area contributed by atoms with Crippen molar-refractivity contribution >= 4 is 5.91 Å². The molecule has 0 bridgehead atoms. The zero-order valence-electron chi connectivity index (χ0n) is 12.9. The molecule has 1 heterocycles. The third-order valence-corrected chi connectivity index (χ3v) is 3.76. The Morgan fingerprint density at radius 1 is 1.19 bits per heavy atom. The van der Waals surface area contributed by atoms with Gasteiger partial charge < -0.3 is 9.84 Å². The number of hydrogen-bond donors (Lipinski definition) is 1. The minimum absolute atomic E-state index is 0.0728. The summed E-state index contributed by atoms with van der Waals surface area (Å²) in [4.78, 5) is 11.9. The molecule has 1 N–H and O–H groups in total. The van der Waals surface area contributed by atoms with Crippen LogP contribution >= 0.6 is 0 Å². The fraction of sp³-hybridized carbons (Fsp3) is 0.412. The molecule has 2 rings (SSSR count). The number of carbonyl (C=O) groups excluding carboxylic acids is 1. The molecule has 1 aromatic heterocycles. The number of nitrogens with zero attached hydrogens (tertiary/aromatic N) is 1. The van der Waals surface area contributed by atoms with Gasteiger partial charge in [-0.2, -0.15) is 0 Å². The van der Waals surface area contributed by atoms with Gasteiger partial charge in [0, 0.05) is 18.5 Å². The van der Waals surface area contributed by atoms with E-state index in [1.807, 2.05) is 26.0 Å². The van der Waals surface area contributed by atoms with E-state index in [0.717, 1.165) is 23.4 Å². The van der Waals surface area contributed by atoms with E-state index in [0.29, 0.717) is 19.4 Å². The summed E-state index contributed by atoms with van der Waals surface area (Å²) in [7, 11) is 0. The highest BCUT2D eigenvalue weighted by molar-refractivity contribution is 5.76. The number of carbonyl (C=O) groups is 1. The molecule has 1 aromatic carbocycles. The Labute approximate surface area is 125 Å². The maximum absolute atomic E-state index is 11.9. The minimum atomic E-state index is 0.0728. The van der Waals surface area contributed by atoms with Crippen LogP contribution in [0.3, 0.4) is 0 Å². The molecular weight excluding hydrogens is 264 g/mol. The van der Waals surface area contributed by atoms with E-state index in [9.17, 15) is 4.79 Å². The highest BCUT2D eigenvalue weighted by Gasteiger charge is 2.10. The molecule has 0 radical (unpaired) electrons. The Hall–Kier alpha value is -2.10. The predicted molar refractivity (Wildman–Crippen MR) is 82.2 cm³/mol. The maximum atomic E-state index is 11.9. The first-order valence-corrected chi connectivity index (χ1v) is 7.31. The summed E-state index contributed by atoms with van der Waals surface area (Å²) in [6.45, 7) is 6.55. The third-order valence-electron chi connectivity index (χ3n) is 3.76. The molecule has 0 spiro atoms. The van der Waals surface area contributed by atoms with Crippen molar-refractivity contribution in [2.75, 3.05) is 6.54 Å². The van der Waals surface area contributed by atoms with Crippen LogP contribution in [0.4, 0.5) is 0 Å². The van der Waals surface area contributed by atoms with Crippen molar-refractivity contribution in [3.8, 4) is 0 Å². The van der Waals surface area contributed by atoms with E-state index in [2.05, 4.69) is 29.5 Å². The summed E-state index contributed by atoms with van der Waals surface area (Å²) in [6.07, 6.45) is 2.01. The highest BCUT2D eigenvalue weighted by Crippen LogP contribution is 2.14. The lowest BCUT2D eigenvalue weighted by Gasteiger charge is -2.07. The van der Waals surface area contributed by atoms with Gasteiger partial charge in [0.25, 0.3) is 0 Å². The van der Waals surface area contributed by atoms with Crippen molar-refractivity contribution < 1.29 is 9.32 Å². The van der Waals surface area contributed by atoms with Crippen LogP contribution in [0, 0.1) is 20.8 Å². The van der Waals surface area contributed by atoms with Gasteiger partial charge in [0.1, 0.15) is 5.76 Å². The Morgan fingerprint density at radius 3 is 2.62 bits per heavy atom. The van der Waals surface area contributed by atoms with Crippen molar-refractivity contribution in [2.45, 2.75) is 40.0 Å². The quantitative estimate of drug-likeness (QED) is 0.888. The summed E-state index contributed by atoms with van der Waals surface area (Å²) in [5, 5.41) is 6.87. The predicted octanol–water partition coefficient (Wildman–Crippen LogP) is 2.89. The Balaban J connectivity index is 1.74. The third kappa shape index (κ3) is 4.18. The Kier molecular flexibility index (Phi) is 5.14. The SMILES string of the molecule is Cc1ccccc1CCNC(=O)CCc1c(C)noc1C. The maximum Gasteiger partial charge on any atom is 0.220 e. The number of nitrogens with one attached hydrogen (secondary N) is 1. The van der Waals surface area contributed by atoms with E-state index < -0.39 is 0 Å². The van der Waals surface area contributed by atoms with Crippen LogP contribution in [0.1, 0.15) is 34.6 Å². The second kappa shape index (κ2) is 7.07. The van der Waals surface area contributed by atoms with E-state index in [1.165, 1.54) is 11.1 Å². The van der Waals surface area contributed by atoms with Gasteiger partial charge in [-0.05, 0) is 44.7 Å². The van der Waals surface area contributed by atoms with Gasteiger partial charge >= 0.3 is 0 Å². The smallest absolute Gasteiger partial charge is 0.220 e. The molecule has 4 nitrogen and oxygen atoms in total. The molecule has 2 aromatic rings. The molecule has 0 fully saturated rings. The molecule has 0 atom stereocenters. The summed E-state index contributed by atoms with van der Waals surface area (Å²) in [5.74, 6) is 0.879. The summed E-state index contributed by atoms with van der Waals surface area (Å²) in [5.41, 5.74) is 4.47. The van der Waals surface area contributed by atoms with Crippen LogP contribution in [-0.2, 0) is 17.6 Å². The topological polar surface area (TPSA) is 55.1 Å². The first kappa shape index (κ1) is 15.3. The molecule has 0 aliphatic rings. The molecule has 0 aliphatic carbocycles. The molecule has 0 unspecified atom stereocenters. The lowest BCUT2D eigenvalue weighted by atomic mass is 10.1. The van der Waals surface area contributed by atoms with Crippen molar-refractivity contribution in [2.24, 2.45) is 0 Å². The Bertz CT molecular complexity index is 598. The Morgan fingerprint density at radius 2 is 1.95 bits per heavy atom. The zero-order chi connectivity index (χ0) is 15.2. The number of hydrogen-bond acceptors (Lipinski definition) is 3. The molecule has 0 saturated heterocycles. The van der Waals surface area contributed by atoms with E-state index in [4.69, 9.17) is 4.52 Å². The summed E-state index contributed by atoms with van der Waals surface area (Å²) < 4.78 is 5.10. The lowest BCUT2D eigenvalue weighted by Crippen LogP contribution is -2.26. The highest BCUT2D eigenvalue weighted by atomic mass is 16.5. The van der Waals surface area contributed by atoms with Gasteiger partial charge in [-0.1, -0.05) is 29.4 Å². The molecule has 112 valence electrons. The number of aromatic nitrogens is 1. The molecular formula is C17H22N2O2. The van der Waals surface area contributed by atoms with Gasteiger partial charge in [-0.15, -0.1) is 0 Å². The van der Waals surface area contributed by atoms with Crippen molar-refractivity contribution in [3.05, 3.63) is 52.4 Å². The molecule has 1 amide bonds. The van der Waals surface area contributed by atoms with Gasteiger partial charge in [0.15, 0.2) is 0 Å². The number of benzene rings is 1. The van der Waals surface area contributed by atoms with Crippen molar-refractivity contribution in [1.82, 2.24) is 10.5 Å². The van der Waals surface area contributed by atoms with Gasteiger partial charge in [-0.3, -0.25) is 4.79 Å². The average molecular weight is 286 g/mol. The average Bonchev–Trinajstić information content (AvgIpc) is 2.78. The van der Waals surface area contributed by atoms with Crippen LogP contribution in [0.25, 0.3) is 0 Å². The number of aryl methyl sites for hydroxylation is 3. The monoisotopic (exact) mass is 286 g/mol. The first-order chi connectivity index (χ1) is 10.1. The normalized spacial score (nSPS) is 10.6. The minimum Gasteiger partial charge on any atom is -0.361 e. The molecule has 0 aliphatic heterocycles. The fourth-order valence-corrected chi connectivity index (χ4v) is 2.41. The van der Waals surface area contributed by atoms with E-state index >= 15 is 0 Å². The van der Waals surface area contributed by atoms with Crippen LogP contribution < -0.4 is 5.32 Å². The second-order valence-corrected chi connectivity index (χ2v) is 5.33. The zero-order valence-corrected chi connectivity index (χ0v) is 12.9. The largest absolute Gasteiger partial charge is 0.361 e. The fourth-order valence-electron chi connectivity index (χ4n) is 2.41. The lowest BCUT2D eigenvalue weighted by molar-refractivity contribution is -0.121. The van der Waals surface area contributed by atoms with Crippen LogP contribution in [0.15, 0.2) is 28.8 Å². The summed E-state index contributed by atoms with van der Waals surface area (Å²) in [6, 6.07) is 8.25. The standard InChI is InChI=1S/C17H22N2O2/c1-12-6-4-5-7-15(12)10-11-18-17(20)9-8-16-13(2)19-21-14(16)3/h4-7H,8-11H2,1-3H3,(H,18,20). The molecule has 21 heavy (non-hydrogen) atoms. The van der Waals surface area contributed by atoms with Gasteiger partial charge in [0.2, 0.25) is 5.91 Å².